The van der Waals surface area contributed by atoms with Gasteiger partial charge in [-0.05, 0) is 20.8 Å². The highest BCUT2D eigenvalue weighted by atomic mass is 32.2. The lowest BCUT2D eigenvalue weighted by atomic mass is 10.0. The zero-order valence-corrected chi connectivity index (χ0v) is 11.5. The van der Waals surface area contributed by atoms with E-state index in [9.17, 15) is 18.0 Å². The summed E-state index contributed by atoms with van der Waals surface area (Å²) in [7, 11) is -3.96. The molecule has 0 unspecified atom stereocenters. The van der Waals surface area contributed by atoms with E-state index >= 15 is 0 Å². The minimum atomic E-state index is -3.96. The van der Waals surface area contributed by atoms with Gasteiger partial charge >= 0.3 is 0 Å². The molecule has 1 aliphatic rings. The van der Waals surface area contributed by atoms with Crippen LogP contribution in [0.15, 0.2) is 11.1 Å². The van der Waals surface area contributed by atoms with E-state index in [4.69, 9.17) is 0 Å². The predicted octanol–water partition coefficient (Wildman–Crippen LogP) is -0.856. The van der Waals surface area contributed by atoms with Gasteiger partial charge in [-0.2, -0.15) is 9.40 Å². The summed E-state index contributed by atoms with van der Waals surface area (Å²) in [6.45, 7) is 4.05. The van der Waals surface area contributed by atoms with Gasteiger partial charge in [-0.3, -0.25) is 20.0 Å². The van der Waals surface area contributed by atoms with Gasteiger partial charge in [0.25, 0.3) is 0 Å². The fourth-order valence-corrected chi connectivity index (χ4v) is 3.69. The average Bonchev–Trinajstić information content (AvgIpc) is 2.70. The molecule has 8 nitrogen and oxygen atoms in total. The molecule has 2 amide bonds. The van der Waals surface area contributed by atoms with Gasteiger partial charge in [-0.1, -0.05) is 0 Å². The largest absolute Gasteiger partial charge is 0.294 e. The Hall–Kier alpha value is -1.74. The predicted molar refractivity (Wildman–Crippen MR) is 64.4 cm³/mol. The Morgan fingerprint density at radius 2 is 2.00 bits per heavy atom. The Bertz CT molecular complexity index is 646. The van der Waals surface area contributed by atoms with E-state index in [0.717, 1.165) is 10.5 Å². The summed E-state index contributed by atoms with van der Waals surface area (Å²) in [5, 5.41) is 8.30. The Balaban J connectivity index is 2.53. The highest BCUT2D eigenvalue weighted by Crippen LogP contribution is 2.27. The zero-order chi connectivity index (χ0) is 14.4. The van der Waals surface area contributed by atoms with Gasteiger partial charge in [0.1, 0.15) is 10.4 Å². The van der Waals surface area contributed by atoms with E-state index in [-0.39, 0.29) is 4.90 Å². The van der Waals surface area contributed by atoms with Crippen molar-refractivity contribution in [2.75, 3.05) is 6.54 Å². The van der Waals surface area contributed by atoms with Crippen molar-refractivity contribution >= 4 is 21.8 Å². The van der Waals surface area contributed by atoms with Crippen LogP contribution in [0, 0.1) is 6.92 Å². The molecular weight excluding hydrogens is 272 g/mol. The maximum absolute atomic E-state index is 12.5. The summed E-state index contributed by atoms with van der Waals surface area (Å²) in [4.78, 5) is 23.1. The van der Waals surface area contributed by atoms with Crippen LogP contribution in [0.2, 0.25) is 0 Å². The molecule has 2 rings (SSSR count). The minimum Gasteiger partial charge on any atom is -0.294 e. The Labute approximate surface area is 110 Å². The number of piperazine rings is 1. The first kappa shape index (κ1) is 13.7. The number of carbonyl (C=O) groups excluding carboxylic acids is 2. The molecule has 1 aromatic rings. The van der Waals surface area contributed by atoms with Crippen molar-refractivity contribution in [2.45, 2.75) is 31.2 Å². The van der Waals surface area contributed by atoms with Crippen LogP contribution in [0.5, 0.6) is 0 Å². The highest BCUT2D eigenvalue weighted by molar-refractivity contribution is 7.89. The third-order valence-corrected chi connectivity index (χ3v) is 5.20. The van der Waals surface area contributed by atoms with E-state index in [0.29, 0.717) is 5.69 Å². The van der Waals surface area contributed by atoms with Gasteiger partial charge in [-0.25, -0.2) is 8.42 Å². The lowest BCUT2D eigenvalue weighted by molar-refractivity contribution is -0.141. The quantitative estimate of drug-likeness (QED) is 0.687. The molecule has 0 radical (unpaired) electrons. The van der Waals surface area contributed by atoms with Crippen molar-refractivity contribution in [1.29, 1.82) is 0 Å². The molecule has 0 spiro atoms. The summed E-state index contributed by atoms with van der Waals surface area (Å²) >= 11 is 0. The molecule has 1 aromatic heterocycles. The highest BCUT2D eigenvalue weighted by Gasteiger charge is 2.48. The van der Waals surface area contributed by atoms with E-state index in [1.165, 1.54) is 13.8 Å². The number of amides is 2. The van der Waals surface area contributed by atoms with Gasteiger partial charge in [0.05, 0.1) is 18.4 Å². The second-order valence-corrected chi connectivity index (χ2v) is 6.64. The molecule has 2 N–H and O–H groups in total. The summed E-state index contributed by atoms with van der Waals surface area (Å²) in [6.07, 6.45) is 1.16. The number of nitrogens with one attached hydrogen (secondary N) is 2. The third-order valence-electron chi connectivity index (χ3n) is 3.07. The van der Waals surface area contributed by atoms with Crippen LogP contribution >= 0.6 is 0 Å². The molecule has 19 heavy (non-hydrogen) atoms. The van der Waals surface area contributed by atoms with Crippen LogP contribution in [0.3, 0.4) is 0 Å². The average molecular weight is 286 g/mol. The van der Waals surface area contributed by atoms with E-state index in [1.807, 2.05) is 0 Å². The number of imide groups is 1. The van der Waals surface area contributed by atoms with Crippen molar-refractivity contribution in [1.82, 2.24) is 19.8 Å². The first-order valence-corrected chi connectivity index (χ1v) is 6.98. The number of nitrogens with zero attached hydrogens (tertiary/aromatic N) is 2. The third kappa shape index (κ3) is 2.04. The fraction of sp³-hybridized carbons (Fsp3) is 0.500. The van der Waals surface area contributed by atoms with E-state index in [1.54, 1.807) is 6.92 Å². The number of hydrogen-bond donors (Lipinski definition) is 2. The molecule has 0 aliphatic carbocycles. The Morgan fingerprint density at radius 3 is 2.53 bits per heavy atom. The van der Waals surface area contributed by atoms with Crippen molar-refractivity contribution in [2.24, 2.45) is 0 Å². The van der Waals surface area contributed by atoms with Gasteiger partial charge in [0.2, 0.25) is 21.8 Å². The summed E-state index contributed by atoms with van der Waals surface area (Å²) in [6, 6.07) is 0. The normalized spacial score (nSPS) is 20.4. The lowest BCUT2D eigenvalue weighted by Crippen LogP contribution is -2.65. The van der Waals surface area contributed by atoms with E-state index < -0.39 is 33.9 Å². The zero-order valence-electron chi connectivity index (χ0n) is 10.7. The number of rotatable bonds is 2. The maximum Gasteiger partial charge on any atom is 0.247 e. The molecule has 104 valence electrons. The molecule has 0 saturated carbocycles. The van der Waals surface area contributed by atoms with Crippen molar-refractivity contribution in [3.05, 3.63) is 11.9 Å². The van der Waals surface area contributed by atoms with Crippen molar-refractivity contribution < 1.29 is 18.0 Å². The number of aromatic amines is 1. The molecule has 1 fully saturated rings. The number of carbonyl (C=O) groups is 2. The molecule has 1 aliphatic heterocycles. The summed E-state index contributed by atoms with van der Waals surface area (Å²) in [5.74, 6) is -1.29. The molecule has 0 bridgehead atoms. The van der Waals surface area contributed by atoms with Crippen LogP contribution in [-0.2, 0) is 19.6 Å². The molecule has 2 heterocycles. The van der Waals surface area contributed by atoms with Gasteiger partial charge in [-0.15, -0.1) is 0 Å². The number of aryl methyl sites for hydroxylation is 1. The minimum absolute atomic E-state index is 0.0388. The standard InChI is InChI=1S/C10H14N4O4S/c1-6-7(4-11-13-6)19(17,18)14-5-8(15)12-9(16)10(14,2)3/h4H,5H2,1-3H3,(H,11,13)(H,12,15,16). The molecule has 0 aromatic carbocycles. The second-order valence-electron chi connectivity index (χ2n) is 4.81. The second kappa shape index (κ2) is 4.14. The molecular formula is C10H14N4O4S. The van der Waals surface area contributed by atoms with E-state index in [2.05, 4.69) is 15.5 Å². The monoisotopic (exact) mass is 286 g/mol. The molecule has 1 saturated heterocycles. The van der Waals surface area contributed by atoms with Crippen molar-refractivity contribution in [3.63, 3.8) is 0 Å². The van der Waals surface area contributed by atoms with Gasteiger partial charge < -0.3 is 0 Å². The Kier molecular flexibility index (Phi) is 2.98. The fourth-order valence-electron chi connectivity index (χ4n) is 1.86. The lowest BCUT2D eigenvalue weighted by Gasteiger charge is -2.38. The maximum atomic E-state index is 12.5. The van der Waals surface area contributed by atoms with Crippen LogP contribution in [0.4, 0.5) is 0 Å². The van der Waals surface area contributed by atoms with Crippen LogP contribution in [-0.4, -0.2) is 46.8 Å². The first-order valence-electron chi connectivity index (χ1n) is 5.54. The number of hydrogen-bond acceptors (Lipinski definition) is 5. The van der Waals surface area contributed by atoms with Crippen LogP contribution in [0.25, 0.3) is 0 Å². The summed E-state index contributed by atoms with van der Waals surface area (Å²) in [5.41, 5.74) is -0.981. The summed E-state index contributed by atoms with van der Waals surface area (Å²) < 4.78 is 25.9. The molecule has 0 atom stereocenters. The van der Waals surface area contributed by atoms with Crippen LogP contribution in [0.1, 0.15) is 19.5 Å². The first-order chi connectivity index (χ1) is 8.67. The number of H-pyrrole nitrogens is 1. The van der Waals surface area contributed by atoms with Gasteiger partial charge in [0, 0.05) is 0 Å². The van der Waals surface area contributed by atoms with Crippen LogP contribution < -0.4 is 5.32 Å². The Morgan fingerprint density at radius 1 is 1.37 bits per heavy atom. The van der Waals surface area contributed by atoms with Gasteiger partial charge in [0.15, 0.2) is 0 Å². The SMILES string of the molecule is Cc1[nH]ncc1S(=O)(=O)N1CC(=O)NC(=O)C1(C)C. The number of aromatic nitrogens is 2. The topological polar surface area (TPSA) is 112 Å². The molecule has 9 heteroatoms. The van der Waals surface area contributed by atoms with Crippen molar-refractivity contribution in [3.8, 4) is 0 Å². The smallest absolute Gasteiger partial charge is 0.247 e. The number of sulfonamides is 1.